The summed E-state index contributed by atoms with van der Waals surface area (Å²) in [5, 5.41) is 1.00. The third-order valence-corrected chi connectivity index (χ3v) is 9.96. The zero-order valence-corrected chi connectivity index (χ0v) is 25.6. The summed E-state index contributed by atoms with van der Waals surface area (Å²) in [6, 6.07) is 20.9. The highest BCUT2D eigenvalue weighted by Crippen LogP contribution is 2.42. The van der Waals surface area contributed by atoms with Crippen molar-refractivity contribution in [3.63, 3.8) is 0 Å². The molecule has 42 heavy (non-hydrogen) atoms. The molecular weight excluding hydrogens is 573 g/mol. The van der Waals surface area contributed by atoms with Crippen LogP contribution in [-0.4, -0.2) is 68.6 Å². The summed E-state index contributed by atoms with van der Waals surface area (Å²) < 4.78 is 10.9. The van der Waals surface area contributed by atoms with Gasteiger partial charge < -0.3 is 25.0 Å². The quantitative estimate of drug-likeness (QED) is 0.336. The maximum atomic E-state index is 13.8. The minimum atomic E-state index is -0.647. The number of nitrogens with two attached hydrogens (primary N) is 1. The Hall–Kier alpha value is -3.26. The summed E-state index contributed by atoms with van der Waals surface area (Å²) in [6.45, 7) is 3.47. The maximum absolute atomic E-state index is 13.8. The first-order valence-corrected chi connectivity index (χ1v) is 15.0. The number of rotatable bonds is 9. The van der Waals surface area contributed by atoms with E-state index in [0.29, 0.717) is 53.0 Å². The molecule has 1 atom stereocenters. The van der Waals surface area contributed by atoms with Crippen molar-refractivity contribution < 1.29 is 19.1 Å². The highest BCUT2D eigenvalue weighted by Gasteiger charge is 2.44. The van der Waals surface area contributed by atoms with Crippen molar-refractivity contribution in [2.24, 2.45) is 5.73 Å². The molecule has 0 saturated carbocycles. The third-order valence-electron chi connectivity index (χ3n) is 9.22. The fourth-order valence-electron chi connectivity index (χ4n) is 6.57. The van der Waals surface area contributed by atoms with E-state index in [0.717, 1.165) is 43.6 Å². The van der Waals surface area contributed by atoms with Gasteiger partial charge in [0.15, 0.2) is 0 Å². The SMILES string of the molecule is COc1ccc(OC)c(C(=O)N2CCC(CCN3CCC(C(N)=O)(c4ccccc4)CC3)(c3ccc(Cl)c(Cl)c3)C2)c1. The molecule has 3 aromatic rings. The first-order chi connectivity index (χ1) is 20.2. The normalized spacial score (nSPS) is 20.3. The van der Waals surface area contributed by atoms with Crippen molar-refractivity contribution >= 4 is 35.0 Å². The van der Waals surface area contributed by atoms with E-state index in [9.17, 15) is 9.59 Å². The van der Waals surface area contributed by atoms with Gasteiger partial charge in [0.05, 0.1) is 35.2 Å². The molecule has 0 aromatic heterocycles. The lowest BCUT2D eigenvalue weighted by Gasteiger charge is -2.41. The molecule has 0 aliphatic carbocycles. The Kier molecular flexibility index (Phi) is 9.02. The van der Waals surface area contributed by atoms with Crippen LogP contribution in [-0.2, 0) is 15.6 Å². The number of piperidine rings is 1. The summed E-state index contributed by atoms with van der Waals surface area (Å²) in [5.41, 5.74) is 7.54. The van der Waals surface area contributed by atoms with Gasteiger partial charge in [-0.15, -0.1) is 0 Å². The van der Waals surface area contributed by atoms with Crippen molar-refractivity contribution in [3.8, 4) is 11.5 Å². The Morgan fingerprint density at radius 1 is 0.857 bits per heavy atom. The Morgan fingerprint density at radius 2 is 1.60 bits per heavy atom. The van der Waals surface area contributed by atoms with Gasteiger partial charge in [-0.05, 0) is 86.8 Å². The van der Waals surface area contributed by atoms with Crippen molar-refractivity contribution in [3.05, 3.63) is 93.5 Å². The van der Waals surface area contributed by atoms with Crippen molar-refractivity contribution in [2.45, 2.75) is 36.5 Å². The van der Waals surface area contributed by atoms with Gasteiger partial charge in [0, 0.05) is 18.5 Å². The van der Waals surface area contributed by atoms with E-state index in [1.807, 2.05) is 53.4 Å². The molecule has 222 valence electrons. The molecule has 2 saturated heterocycles. The number of amides is 2. The maximum Gasteiger partial charge on any atom is 0.257 e. The highest BCUT2D eigenvalue weighted by molar-refractivity contribution is 6.42. The van der Waals surface area contributed by atoms with Gasteiger partial charge in [0.25, 0.3) is 5.91 Å². The summed E-state index contributed by atoms with van der Waals surface area (Å²) >= 11 is 12.8. The predicted molar refractivity (Wildman–Crippen MR) is 166 cm³/mol. The van der Waals surface area contributed by atoms with Crippen LogP contribution in [0.4, 0.5) is 0 Å². The lowest BCUT2D eigenvalue weighted by atomic mass is 9.71. The number of likely N-dealkylation sites (tertiary alicyclic amines) is 2. The van der Waals surface area contributed by atoms with Crippen LogP contribution in [0.15, 0.2) is 66.7 Å². The topological polar surface area (TPSA) is 85.1 Å². The smallest absolute Gasteiger partial charge is 0.257 e. The standard InChI is InChI=1S/C33H37Cl2N3O4/c1-41-25-9-11-29(42-2)26(21-25)30(39)38-19-13-32(22-38,24-8-10-27(34)28(35)20-24)12-16-37-17-14-33(15-18-37,31(36)40)23-6-4-3-5-7-23/h3-11,20-21H,12-19,22H2,1-2H3,(H2,36,40). The largest absolute Gasteiger partial charge is 0.497 e. The van der Waals surface area contributed by atoms with Crippen LogP contribution < -0.4 is 15.2 Å². The zero-order valence-electron chi connectivity index (χ0n) is 24.1. The van der Waals surface area contributed by atoms with Crippen LogP contribution >= 0.6 is 23.2 Å². The van der Waals surface area contributed by atoms with E-state index in [-0.39, 0.29) is 17.2 Å². The van der Waals surface area contributed by atoms with E-state index in [4.69, 9.17) is 38.4 Å². The summed E-state index contributed by atoms with van der Waals surface area (Å²) in [7, 11) is 3.14. The van der Waals surface area contributed by atoms with E-state index < -0.39 is 5.41 Å². The molecule has 2 amide bonds. The van der Waals surface area contributed by atoms with Crippen LogP contribution in [0.25, 0.3) is 0 Å². The van der Waals surface area contributed by atoms with Crippen LogP contribution in [0.1, 0.15) is 47.2 Å². The molecular formula is C33H37Cl2N3O4. The molecule has 1 unspecified atom stereocenters. The minimum Gasteiger partial charge on any atom is -0.497 e. The first-order valence-electron chi connectivity index (χ1n) is 14.3. The summed E-state index contributed by atoms with van der Waals surface area (Å²) in [4.78, 5) is 30.8. The first kappa shape index (κ1) is 30.2. The number of methoxy groups -OCH3 is 2. The molecule has 0 bridgehead atoms. The monoisotopic (exact) mass is 609 g/mol. The van der Waals surface area contributed by atoms with E-state index in [1.54, 1.807) is 32.4 Å². The van der Waals surface area contributed by atoms with Crippen LogP contribution in [0.3, 0.4) is 0 Å². The predicted octanol–water partition coefficient (Wildman–Crippen LogP) is 5.70. The molecule has 2 aliphatic heterocycles. The molecule has 7 nitrogen and oxygen atoms in total. The average molecular weight is 611 g/mol. The fourth-order valence-corrected chi connectivity index (χ4v) is 6.87. The van der Waals surface area contributed by atoms with Gasteiger partial charge in [-0.1, -0.05) is 59.6 Å². The van der Waals surface area contributed by atoms with Crippen LogP contribution in [0, 0.1) is 0 Å². The van der Waals surface area contributed by atoms with Crippen molar-refractivity contribution in [1.29, 1.82) is 0 Å². The minimum absolute atomic E-state index is 0.0974. The molecule has 2 aliphatic rings. The number of halogens is 2. The Morgan fingerprint density at radius 3 is 2.24 bits per heavy atom. The van der Waals surface area contributed by atoms with E-state index >= 15 is 0 Å². The van der Waals surface area contributed by atoms with E-state index in [1.165, 1.54) is 0 Å². The second-order valence-corrected chi connectivity index (χ2v) is 12.2. The Bertz CT molecular complexity index is 1440. The second-order valence-electron chi connectivity index (χ2n) is 11.4. The molecule has 2 heterocycles. The molecule has 3 aromatic carbocycles. The summed E-state index contributed by atoms with van der Waals surface area (Å²) in [6.07, 6.45) is 2.95. The lowest BCUT2D eigenvalue weighted by molar-refractivity contribution is -0.125. The molecule has 2 N–H and O–H groups in total. The molecule has 5 rings (SSSR count). The number of carbonyl (C=O) groups excluding carboxylic acids is 2. The Balaban J connectivity index is 1.36. The van der Waals surface area contributed by atoms with E-state index in [2.05, 4.69) is 4.90 Å². The zero-order chi connectivity index (χ0) is 29.9. The van der Waals surface area contributed by atoms with Gasteiger partial charge >= 0.3 is 0 Å². The molecule has 0 spiro atoms. The number of primary amides is 1. The van der Waals surface area contributed by atoms with Gasteiger partial charge in [0.2, 0.25) is 5.91 Å². The fraction of sp³-hybridized carbons (Fsp3) is 0.394. The van der Waals surface area contributed by atoms with Gasteiger partial charge in [-0.3, -0.25) is 9.59 Å². The number of benzene rings is 3. The van der Waals surface area contributed by atoms with Gasteiger partial charge in [0.1, 0.15) is 11.5 Å². The summed E-state index contributed by atoms with van der Waals surface area (Å²) in [5.74, 6) is 0.748. The molecule has 2 fully saturated rings. The van der Waals surface area contributed by atoms with Gasteiger partial charge in [-0.2, -0.15) is 0 Å². The Labute approximate surface area is 257 Å². The third kappa shape index (κ3) is 5.83. The van der Waals surface area contributed by atoms with Crippen molar-refractivity contribution in [2.75, 3.05) is 46.9 Å². The van der Waals surface area contributed by atoms with Crippen molar-refractivity contribution in [1.82, 2.24) is 9.80 Å². The average Bonchev–Trinajstić information content (AvgIpc) is 3.47. The number of carbonyl (C=O) groups is 2. The number of hydrogen-bond acceptors (Lipinski definition) is 5. The number of hydrogen-bond donors (Lipinski definition) is 1. The lowest BCUT2D eigenvalue weighted by Crippen LogP contribution is -2.50. The second kappa shape index (κ2) is 12.5. The van der Waals surface area contributed by atoms with Gasteiger partial charge in [-0.25, -0.2) is 0 Å². The van der Waals surface area contributed by atoms with Crippen LogP contribution in [0.5, 0.6) is 11.5 Å². The molecule has 0 radical (unpaired) electrons. The molecule has 9 heteroatoms. The highest BCUT2D eigenvalue weighted by atomic mass is 35.5. The number of nitrogens with zero attached hydrogens (tertiary/aromatic N) is 2. The number of ether oxygens (including phenoxy) is 2. The van der Waals surface area contributed by atoms with Crippen LogP contribution in [0.2, 0.25) is 10.0 Å².